The van der Waals surface area contributed by atoms with Crippen molar-refractivity contribution in [2.75, 3.05) is 33.1 Å². The molecule has 1 amide bonds. The molecule has 0 spiro atoms. The number of aromatic nitrogens is 3. The van der Waals surface area contributed by atoms with Gasteiger partial charge in [-0.3, -0.25) is 15.2 Å². The lowest BCUT2D eigenvalue weighted by molar-refractivity contribution is -0.204. The number of nitrogens with one attached hydrogen (secondary N) is 4. The maximum atomic E-state index is 13.3. The molecule has 1 aromatic heterocycles. The van der Waals surface area contributed by atoms with Gasteiger partial charge in [0, 0.05) is 17.8 Å². The fourth-order valence-electron chi connectivity index (χ4n) is 4.64. The van der Waals surface area contributed by atoms with E-state index in [1.807, 2.05) is 25.9 Å². The minimum Gasteiger partial charge on any atom is -0.493 e. The number of anilines is 1. The van der Waals surface area contributed by atoms with Gasteiger partial charge in [-0.1, -0.05) is 18.2 Å². The number of H-pyrrole nitrogens is 1. The van der Waals surface area contributed by atoms with Crippen molar-refractivity contribution in [1.82, 2.24) is 25.1 Å². The summed E-state index contributed by atoms with van der Waals surface area (Å²) < 4.78 is 50.3. The van der Waals surface area contributed by atoms with Gasteiger partial charge in [0.1, 0.15) is 18.0 Å². The number of halogens is 3. The highest BCUT2D eigenvalue weighted by molar-refractivity contribution is 5.98. The maximum Gasteiger partial charge on any atom is 0.493 e. The number of hydroxylamine groups is 1. The number of hydrogen-bond donors (Lipinski definition) is 5. The summed E-state index contributed by atoms with van der Waals surface area (Å²) in [6, 6.07) is 16.3. The van der Waals surface area contributed by atoms with Crippen molar-refractivity contribution in [3.8, 4) is 17.2 Å². The molecular weight excluding hydrogens is 637 g/mol. The molecule has 1 heterocycles. The lowest BCUT2D eigenvalue weighted by Gasteiger charge is -2.22. The second kappa shape index (κ2) is 14.7. The Bertz CT molecular complexity index is 1840. The topological polar surface area (TPSA) is 190 Å². The molecule has 2 atom stereocenters. The van der Waals surface area contributed by atoms with Crippen LogP contribution in [0.1, 0.15) is 40.3 Å². The second-order valence-electron chi connectivity index (χ2n) is 10.7. The van der Waals surface area contributed by atoms with Gasteiger partial charge in [-0.2, -0.15) is 23.3 Å². The van der Waals surface area contributed by atoms with Crippen LogP contribution in [0.15, 0.2) is 71.5 Å². The van der Waals surface area contributed by atoms with Crippen molar-refractivity contribution in [1.29, 1.82) is 5.41 Å². The van der Waals surface area contributed by atoms with Crippen LogP contribution in [0.25, 0.3) is 5.69 Å². The van der Waals surface area contributed by atoms with E-state index in [9.17, 15) is 27.6 Å². The van der Waals surface area contributed by atoms with Crippen LogP contribution in [0, 0.1) is 5.41 Å². The highest BCUT2D eigenvalue weighted by atomic mass is 19.4. The average molecular weight is 671 g/mol. The summed E-state index contributed by atoms with van der Waals surface area (Å²) in [5.41, 5.74) is 7.44. The zero-order chi connectivity index (χ0) is 35.2. The van der Waals surface area contributed by atoms with Crippen LogP contribution in [0.5, 0.6) is 11.5 Å². The van der Waals surface area contributed by atoms with Crippen LogP contribution in [0.3, 0.4) is 0 Å². The summed E-state index contributed by atoms with van der Waals surface area (Å²) in [6.45, 7) is 2.56. The first-order valence-corrected chi connectivity index (χ1v) is 14.2. The highest BCUT2D eigenvalue weighted by Crippen LogP contribution is 2.34. The van der Waals surface area contributed by atoms with Gasteiger partial charge in [0.2, 0.25) is 0 Å². The molecule has 4 aromatic rings. The summed E-state index contributed by atoms with van der Waals surface area (Å²) >= 11 is 0. The smallest absolute Gasteiger partial charge is 0.493 e. The zero-order valence-electron chi connectivity index (χ0n) is 26.2. The number of likely N-dealkylation sites (N-methyl/N-ethyl adjacent to an activating group) is 1. The molecule has 0 fully saturated rings. The monoisotopic (exact) mass is 670 g/mol. The Hall–Kier alpha value is -5.84. The third kappa shape index (κ3) is 8.49. The van der Waals surface area contributed by atoms with Gasteiger partial charge in [-0.05, 0) is 75.1 Å². The number of nitrogens with two attached hydrogens (primary N) is 1. The molecule has 48 heavy (non-hydrogen) atoms. The lowest BCUT2D eigenvalue weighted by atomic mass is 10.0. The Kier molecular flexibility index (Phi) is 10.7. The van der Waals surface area contributed by atoms with Crippen molar-refractivity contribution in [2.45, 2.75) is 25.2 Å². The number of amides is 1. The first-order valence-electron chi connectivity index (χ1n) is 14.2. The number of nitrogens with zero attached hydrogens (tertiary/aromatic N) is 3. The van der Waals surface area contributed by atoms with Crippen molar-refractivity contribution in [3.63, 3.8) is 0 Å². The highest BCUT2D eigenvalue weighted by Gasteiger charge is 2.42. The van der Waals surface area contributed by atoms with E-state index < -0.39 is 29.8 Å². The van der Waals surface area contributed by atoms with Gasteiger partial charge < -0.3 is 30.3 Å². The zero-order valence-corrected chi connectivity index (χ0v) is 26.2. The van der Waals surface area contributed by atoms with Gasteiger partial charge in [-0.15, -0.1) is 5.10 Å². The van der Waals surface area contributed by atoms with Gasteiger partial charge in [0.15, 0.2) is 17.3 Å². The number of aromatic amines is 1. The Morgan fingerprint density at radius 2 is 1.77 bits per heavy atom. The molecule has 4 rings (SSSR count). The molecule has 0 bridgehead atoms. The summed E-state index contributed by atoms with van der Waals surface area (Å²) in [5.74, 6) is -3.04. The molecule has 0 radical (unpaired) electrons. The summed E-state index contributed by atoms with van der Waals surface area (Å²) in [5, 5.41) is 15.4. The van der Waals surface area contributed by atoms with Crippen LogP contribution in [0.4, 0.5) is 18.9 Å². The number of hydrogen-bond acceptors (Lipinski definition) is 10. The normalized spacial score (nSPS) is 12.6. The molecule has 17 heteroatoms. The number of rotatable bonds is 12. The van der Waals surface area contributed by atoms with E-state index >= 15 is 0 Å². The number of benzene rings is 3. The van der Waals surface area contributed by atoms with Crippen molar-refractivity contribution in [2.24, 2.45) is 5.73 Å². The number of para-hydroxylation sites is 1. The van der Waals surface area contributed by atoms with Crippen molar-refractivity contribution < 1.29 is 37.1 Å². The van der Waals surface area contributed by atoms with Crippen LogP contribution >= 0.6 is 0 Å². The van der Waals surface area contributed by atoms with E-state index in [0.29, 0.717) is 34.9 Å². The van der Waals surface area contributed by atoms with E-state index in [1.54, 1.807) is 42.5 Å². The third-order valence-electron chi connectivity index (χ3n) is 6.73. The van der Waals surface area contributed by atoms with Crippen molar-refractivity contribution in [3.05, 3.63) is 99.7 Å². The number of nitrogen functional groups attached to an aromatic ring is 1. The minimum atomic E-state index is -5.34. The van der Waals surface area contributed by atoms with E-state index in [0.717, 1.165) is 4.68 Å². The number of carbonyl (C=O) groups is 2. The van der Waals surface area contributed by atoms with Gasteiger partial charge in [0.05, 0.1) is 18.4 Å². The quantitative estimate of drug-likeness (QED) is 0.0851. The van der Waals surface area contributed by atoms with Crippen molar-refractivity contribution >= 4 is 23.4 Å². The second-order valence-corrected chi connectivity index (χ2v) is 10.7. The molecule has 6 N–H and O–H groups in total. The first-order chi connectivity index (χ1) is 22.7. The molecule has 0 saturated heterocycles. The summed E-state index contributed by atoms with van der Waals surface area (Å²) in [7, 11) is 5.33. The van der Waals surface area contributed by atoms with Crippen LogP contribution in [-0.2, 0) is 9.63 Å². The number of ether oxygens (including phenoxy) is 2. The van der Waals surface area contributed by atoms with E-state index in [-0.39, 0.29) is 29.0 Å². The molecule has 3 aromatic carbocycles. The Labute approximate surface area is 272 Å². The van der Waals surface area contributed by atoms with Gasteiger partial charge in [0.25, 0.3) is 5.91 Å². The summed E-state index contributed by atoms with van der Waals surface area (Å²) in [4.78, 5) is 45.6. The fraction of sp³-hybridized carbons (Fsp3) is 0.258. The maximum absolute atomic E-state index is 13.3. The SMILES string of the molecule is COc1cc(C(Nc2ccc(C(=N)N)cc2)c2nn(-c3ccccc3C(=O)NOC(=O)C(F)(F)F)c(=O)[nH]2)ccc1OC(C)CN(C)C. The van der Waals surface area contributed by atoms with Gasteiger partial charge in [-0.25, -0.2) is 9.59 Å². The van der Waals surface area contributed by atoms with Gasteiger partial charge >= 0.3 is 17.8 Å². The van der Waals surface area contributed by atoms with E-state index in [2.05, 4.69) is 20.2 Å². The number of methoxy groups -OCH3 is 1. The predicted octanol–water partition coefficient (Wildman–Crippen LogP) is 3.13. The average Bonchev–Trinajstić information content (AvgIpc) is 3.42. The van der Waals surface area contributed by atoms with Crippen LogP contribution in [-0.4, -0.2) is 77.4 Å². The first kappa shape index (κ1) is 35.0. The Morgan fingerprint density at radius 3 is 2.40 bits per heavy atom. The lowest BCUT2D eigenvalue weighted by Crippen LogP contribution is -2.35. The summed E-state index contributed by atoms with van der Waals surface area (Å²) in [6.07, 6.45) is -5.51. The number of carbonyl (C=O) groups excluding carboxylic acids is 2. The fourth-order valence-corrected chi connectivity index (χ4v) is 4.64. The molecule has 0 saturated carbocycles. The van der Waals surface area contributed by atoms with E-state index in [4.69, 9.17) is 20.6 Å². The minimum absolute atomic E-state index is 0.0750. The predicted molar refractivity (Wildman–Crippen MR) is 168 cm³/mol. The van der Waals surface area contributed by atoms with E-state index in [1.165, 1.54) is 36.9 Å². The molecule has 0 aliphatic rings. The molecule has 0 aliphatic carbocycles. The molecule has 0 aliphatic heterocycles. The van der Waals surface area contributed by atoms with Crippen LogP contribution < -0.4 is 31.7 Å². The largest absolute Gasteiger partial charge is 0.493 e. The molecule has 14 nitrogen and oxygen atoms in total. The molecular formula is C31H33F3N8O6. The molecule has 2 unspecified atom stereocenters. The standard InChI is InChI=1S/C31H33F3N8O6/c1-17(16-41(2)3)47-23-14-11-19(15-24(23)46-4)25(37-20-12-9-18(10-13-20)26(35)36)27-38-30(45)42(39-27)22-8-6-5-7-21(22)28(43)40-48-29(44)31(32,33)34/h5-15,17,25,37H,16H2,1-4H3,(H3,35,36)(H,40,43)(H,38,39,45). The Morgan fingerprint density at radius 1 is 1.08 bits per heavy atom. The number of amidine groups is 1. The number of alkyl halides is 3. The third-order valence-corrected chi connectivity index (χ3v) is 6.73. The van der Waals surface area contributed by atoms with Crippen LogP contribution in [0.2, 0.25) is 0 Å². The molecule has 254 valence electrons. The Balaban J connectivity index is 1.74.